The Morgan fingerprint density at radius 2 is 1.68 bits per heavy atom. The lowest BCUT2D eigenvalue weighted by Crippen LogP contribution is -2.50. The number of thioether (sulfide) groups is 1. The molecule has 0 unspecified atom stereocenters. The van der Waals surface area contributed by atoms with Gasteiger partial charge in [0.1, 0.15) is 6.04 Å². The van der Waals surface area contributed by atoms with Gasteiger partial charge in [0.15, 0.2) is 0 Å². The summed E-state index contributed by atoms with van der Waals surface area (Å²) in [5, 5.41) is 3.53. The van der Waals surface area contributed by atoms with E-state index in [1.807, 2.05) is 55.5 Å². The fraction of sp³-hybridized carbons (Fsp3) is 0.286. The second-order valence-electron chi connectivity index (χ2n) is 8.16. The number of likely N-dealkylation sites (N-methyl/N-ethyl adjacent to an activating group) is 1. The molecule has 4 nitrogen and oxygen atoms in total. The van der Waals surface area contributed by atoms with Gasteiger partial charge in [-0.3, -0.25) is 9.59 Å². The average Bonchev–Trinajstić information content (AvgIpc) is 2.83. The van der Waals surface area contributed by atoms with Gasteiger partial charge in [0.05, 0.1) is 0 Å². The normalized spacial score (nSPS) is 11.6. The van der Waals surface area contributed by atoms with Gasteiger partial charge in [-0.15, -0.1) is 11.8 Å². The van der Waals surface area contributed by atoms with Gasteiger partial charge in [-0.1, -0.05) is 71.8 Å². The molecule has 0 bridgehead atoms. The van der Waals surface area contributed by atoms with Crippen LogP contribution in [-0.2, 0) is 22.6 Å². The highest BCUT2D eigenvalue weighted by molar-refractivity contribution is 7.99. The first-order valence-electron chi connectivity index (χ1n) is 11.5. The molecule has 0 heterocycles. The maximum Gasteiger partial charge on any atom is 0.243 e. The summed E-state index contributed by atoms with van der Waals surface area (Å²) in [5.74, 6) is 0.446. The molecule has 6 heteroatoms. The van der Waals surface area contributed by atoms with Gasteiger partial charge >= 0.3 is 0 Å². The molecule has 2 amide bonds. The minimum atomic E-state index is -0.613. The Labute approximate surface area is 211 Å². The standard InChI is InChI=1S/C28H31ClN2O2S/c1-3-30-28(33)26(19-22-8-5-4-6-9-22)31(20-23-10-7-11-24(29)18-23)27(32)16-17-34-25-14-12-21(2)13-15-25/h4-15,18,26H,3,16-17,19-20H2,1-2H3,(H,30,33)/t26-/m1/s1. The number of benzene rings is 3. The molecule has 3 aromatic carbocycles. The monoisotopic (exact) mass is 494 g/mol. The molecule has 0 aliphatic carbocycles. The van der Waals surface area contributed by atoms with Crippen LogP contribution in [0.2, 0.25) is 5.02 Å². The SMILES string of the molecule is CCNC(=O)[C@@H](Cc1ccccc1)N(Cc1cccc(Cl)c1)C(=O)CCSc1ccc(C)cc1. The summed E-state index contributed by atoms with van der Waals surface area (Å²) in [7, 11) is 0. The molecule has 34 heavy (non-hydrogen) atoms. The number of carbonyl (C=O) groups is 2. The Kier molecular flexibility index (Phi) is 10.0. The van der Waals surface area contributed by atoms with Crippen molar-refractivity contribution >= 4 is 35.2 Å². The fourth-order valence-corrected chi connectivity index (χ4v) is 4.77. The molecule has 1 atom stereocenters. The molecule has 1 N–H and O–H groups in total. The highest BCUT2D eigenvalue weighted by Gasteiger charge is 2.29. The van der Waals surface area contributed by atoms with Crippen LogP contribution in [0.3, 0.4) is 0 Å². The molecule has 0 aliphatic heterocycles. The van der Waals surface area contributed by atoms with Gasteiger partial charge in [0, 0.05) is 41.6 Å². The Bertz CT molecular complexity index is 1070. The number of aryl methyl sites for hydroxylation is 1. The van der Waals surface area contributed by atoms with E-state index >= 15 is 0 Å². The highest BCUT2D eigenvalue weighted by atomic mass is 35.5. The van der Waals surface area contributed by atoms with Gasteiger partial charge in [-0.25, -0.2) is 0 Å². The molecular weight excluding hydrogens is 464 g/mol. The van der Waals surface area contributed by atoms with Crippen LogP contribution in [0.15, 0.2) is 83.8 Å². The van der Waals surface area contributed by atoms with Crippen LogP contribution >= 0.6 is 23.4 Å². The second kappa shape index (κ2) is 13.2. The third kappa shape index (κ3) is 7.93. The van der Waals surface area contributed by atoms with Crippen molar-refractivity contribution in [2.45, 2.75) is 44.2 Å². The summed E-state index contributed by atoms with van der Waals surface area (Å²) in [6, 6.07) is 24.9. The van der Waals surface area contributed by atoms with Crippen LogP contribution < -0.4 is 5.32 Å². The summed E-state index contributed by atoms with van der Waals surface area (Å²) < 4.78 is 0. The van der Waals surface area contributed by atoms with Crippen molar-refractivity contribution in [2.75, 3.05) is 12.3 Å². The molecule has 0 spiro atoms. The first kappa shape index (κ1) is 25.9. The van der Waals surface area contributed by atoms with Gasteiger partial charge in [0.2, 0.25) is 11.8 Å². The molecule has 3 rings (SSSR count). The third-order valence-electron chi connectivity index (χ3n) is 5.47. The smallest absolute Gasteiger partial charge is 0.243 e. The van der Waals surface area contributed by atoms with E-state index in [1.54, 1.807) is 22.7 Å². The summed E-state index contributed by atoms with van der Waals surface area (Å²) in [6.45, 7) is 4.77. The number of nitrogens with one attached hydrogen (secondary N) is 1. The van der Waals surface area contributed by atoms with Crippen molar-refractivity contribution in [2.24, 2.45) is 0 Å². The molecule has 0 saturated heterocycles. The van der Waals surface area contributed by atoms with Crippen LogP contribution in [0.4, 0.5) is 0 Å². The predicted molar refractivity (Wildman–Crippen MR) is 141 cm³/mol. The molecule has 0 aliphatic rings. The van der Waals surface area contributed by atoms with E-state index in [4.69, 9.17) is 11.6 Å². The zero-order valence-electron chi connectivity index (χ0n) is 19.7. The summed E-state index contributed by atoms with van der Waals surface area (Å²) in [5.41, 5.74) is 3.12. The van der Waals surface area contributed by atoms with E-state index in [-0.39, 0.29) is 11.8 Å². The molecule has 0 fully saturated rings. The van der Waals surface area contributed by atoms with Crippen molar-refractivity contribution in [3.05, 3.63) is 101 Å². The maximum atomic E-state index is 13.5. The van der Waals surface area contributed by atoms with Gasteiger partial charge in [0.25, 0.3) is 0 Å². The number of rotatable bonds is 11. The first-order chi connectivity index (χ1) is 16.5. The zero-order chi connectivity index (χ0) is 24.3. The number of hydrogen-bond donors (Lipinski definition) is 1. The largest absolute Gasteiger partial charge is 0.355 e. The molecule has 0 radical (unpaired) electrons. The molecule has 0 saturated carbocycles. The van der Waals surface area contributed by atoms with Crippen molar-refractivity contribution < 1.29 is 9.59 Å². The number of amides is 2. The molecular formula is C28H31ClN2O2S. The summed E-state index contributed by atoms with van der Waals surface area (Å²) in [6.07, 6.45) is 0.786. The van der Waals surface area contributed by atoms with E-state index in [9.17, 15) is 9.59 Å². The fourth-order valence-electron chi connectivity index (χ4n) is 3.71. The number of hydrogen-bond acceptors (Lipinski definition) is 3. The van der Waals surface area contributed by atoms with E-state index in [0.29, 0.717) is 36.7 Å². The first-order valence-corrected chi connectivity index (χ1v) is 12.9. The lowest BCUT2D eigenvalue weighted by Gasteiger charge is -2.31. The highest BCUT2D eigenvalue weighted by Crippen LogP contribution is 2.22. The van der Waals surface area contributed by atoms with Crippen LogP contribution in [0.25, 0.3) is 0 Å². The molecule has 0 aromatic heterocycles. The Balaban J connectivity index is 1.81. The Morgan fingerprint density at radius 1 is 0.971 bits per heavy atom. The lowest BCUT2D eigenvalue weighted by atomic mass is 10.0. The van der Waals surface area contributed by atoms with Crippen molar-refractivity contribution in [3.8, 4) is 0 Å². The van der Waals surface area contributed by atoms with Crippen molar-refractivity contribution in [1.82, 2.24) is 10.2 Å². The van der Waals surface area contributed by atoms with E-state index in [0.717, 1.165) is 16.0 Å². The molecule has 178 valence electrons. The number of nitrogens with zero attached hydrogens (tertiary/aromatic N) is 1. The van der Waals surface area contributed by atoms with Crippen LogP contribution in [-0.4, -0.2) is 35.1 Å². The van der Waals surface area contributed by atoms with E-state index in [2.05, 4.69) is 36.5 Å². The van der Waals surface area contributed by atoms with Crippen LogP contribution in [0, 0.1) is 6.92 Å². The average molecular weight is 495 g/mol. The van der Waals surface area contributed by atoms with Crippen molar-refractivity contribution in [1.29, 1.82) is 0 Å². The van der Waals surface area contributed by atoms with Crippen molar-refractivity contribution in [3.63, 3.8) is 0 Å². The Hall–Kier alpha value is -2.76. The molecule has 3 aromatic rings. The topological polar surface area (TPSA) is 49.4 Å². The lowest BCUT2D eigenvalue weighted by molar-refractivity contribution is -0.140. The van der Waals surface area contributed by atoms with E-state index in [1.165, 1.54) is 5.56 Å². The van der Waals surface area contributed by atoms with Crippen LogP contribution in [0.5, 0.6) is 0 Å². The zero-order valence-corrected chi connectivity index (χ0v) is 21.2. The third-order valence-corrected chi connectivity index (χ3v) is 6.72. The quantitative estimate of drug-likeness (QED) is 0.337. The van der Waals surface area contributed by atoms with Crippen LogP contribution in [0.1, 0.15) is 30.0 Å². The second-order valence-corrected chi connectivity index (χ2v) is 9.77. The van der Waals surface area contributed by atoms with Gasteiger partial charge < -0.3 is 10.2 Å². The number of halogens is 1. The minimum Gasteiger partial charge on any atom is -0.355 e. The van der Waals surface area contributed by atoms with E-state index < -0.39 is 6.04 Å². The summed E-state index contributed by atoms with van der Waals surface area (Å²) in [4.78, 5) is 29.5. The van der Waals surface area contributed by atoms with Gasteiger partial charge in [-0.05, 0) is 49.2 Å². The summed E-state index contributed by atoms with van der Waals surface area (Å²) >= 11 is 7.85. The number of carbonyl (C=O) groups excluding carboxylic acids is 2. The maximum absolute atomic E-state index is 13.5. The minimum absolute atomic E-state index is 0.0493. The van der Waals surface area contributed by atoms with Gasteiger partial charge in [-0.2, -0.15) is 0 Å². The predicted octanol–water partition coefficient (Wildman–Crippen LogP) is 5.91. The Morgan fingerprint density at radius 3 is 2.35 bits per heavy atom.